The second kappa shape index (κ2) is 24.1. The predicted molar refractivity (Wildman–Crippen MR) is 270 cm³/mol. The summed E-state index contributed by atoms with van der Waals surface area (Å²) in [6.07, 6.45) is -36.6. The van der Waals surface area contributed by atoms with E-state index in [0.29, 0.717) is 44.1 Å². The predicted octanol–water partition coefficient (Wildman–Crippen LogP) is -5.31. The number of rotatable bonds is 13. The van der Waals surface area contributed by atoms with Crippen LogP contribution in [0.1, 0.15) is 85.5 Å². The molecule has 7 heterocycles. The molecule has 11 fully saturated rings. The molecule has 4 aliphatic carbocycles. The summed E-state index contributed by atoms with van der Waals surface area (Å²) in [7, 11) is 0. The van der Waals surface area contributed by atoms with Gasteiger partial charge in [-0.3, -0.25) is 4.79 Å². The molecule has 0 bridgehead atoms. The summed E-state index contributed by atoms with van der Waals surface area (Å²) >= 11 is 0. The van der Waals surface area contributed by atoms with Crippen LogP contribution >= 0.6 is 0 Å². The lowest BCUT2D eigenvalue weighted by molar-refractivity contribution is -0.455. The summed E-state index contributed by atoms with van der Waals surface area (Å²) < 4.78 is 72.1. The number of aliphatic hydroxyl groups excluding tert-OH is 14. The van der Waals surface area contributed by atoms with E-state index in [1.54, 1.807) is 0 Å². The van der Waals surface area contributed by atoms with Crippen molar-refractivity contribution in [1.29, 1.82) is 0 Å². The van der Waals surface area contributed by atoms with E-state index in [-0.39, 0.29) is 46.9 Å². The van der Waals surface area contributed by atoms with Gasteiger partial charge in [-0.05, 0) is 80.0 Å². The number of carbonyl (C=O) groups excluding carboxylic acids is 1. The molecule has 7 saturated heterocycles. The Hall–Kier alpha value is -1.41. The van der Waals surface area contributed by atoms with Crippen LogP contribution in [-0.4, -0.2) is 281 Å². The molecule has 0 amide bonds. The summed E-state index contributed by atoms with van der Waals surface area (Å²) in [5.41, 5.74) is -0.750. The van der Waals surface area contributed by atoms with Gasteiger partial charge >= 0.3 is 0 Å². The number of fused-ring (bicyclic) bond motifs is 7. The highest BCUT2D eigenvalue weighted by Gasteiger charge is 2.72. The van der Waals surface area contributed by atoms with Crippen LogP contribution in [-0.2, 0) is 61.6 Å². The number of hydrogen-bond donors (Lipinski definition) is 15. The van der Waals surface area contributed by atoms with Crippen molar-refractivity contribution in [2.75, 3.05) is 39.6 Å². The lowest BCUT2D eigenvalue weighted by Gasteiger charge is -2.61. The summed E-state index contributed by atoms with van der Waals surface area (Å²) in [4.78, 5) is 14.8. The molecule has 0 aromatic rings. The molecular weight excluding hydrogens is 1110 g/mol. The van der Waals surface area contributed by atoms with Crippen LogP contribution in [0, 0.1) is 52.3 Å². The van der Waals surface area contributed by atoms with E-state index in [1.165, 1.54) is 0 Å². The Morgan fingerprint density at radius 2 is 1.22 bits per heavy atom. The Kier molecular flexibility index (Phi) is 18.3. The van der Waals surface area contributed by atoms with Crippen LogP contribution in [0.4, 0.5) is 0 Å². The van der Waals surface area contributed by atoms with Gasteiger partial charge in [0.1, 0.15) is 110 Å². The van der Waals surface area contributed by atoms with Crippen molar-refractivity contribution in [3.63, 3.8) is 0 Å². The van der Waals surface area contributed by atoms with E-state index in [0.717, 1.165) is 32.1 Å². The minimum Gasteiger partial charge on any atom is -0.394 e. The lowest BCUT2D eigenvalue weighted by atomic mass is 9.44. The van der Waals surface area contributed by atoms with Crippen LogP contribution in [0.5, 0.6) is 0 Å². The second-order valence-corrected chi connectivity index (χ2v) is 26.3. The molecule has 83 heavy (non-hydrogen) atoms. The number of hydrogen-bond acceptors (Lipinski definition) is 28. The fourth-order valence-electron chi connectivity index (χ4n) is 16.8. The fraction of sp³-hybridized carbons (Fsp3) is 0.982. The highest BCUT2D eigenvalue weighted by Crippen LogP contribution is 2.70. The van der Waals surface area contributed by atoms with Crippen LogP contribution in [0.3, 0.4) is 0 Å². The van der Waals surface area contributed by atoms with Crippen LogP contribution in [0.2, 0.25) is 0 Å². The van der Waals surface area contributed by atoms with Crippen LogP contribution in [0.15, 0.2) is 0 Å². The van der Waals surface area contributed by atoms with Crippen molar-refractivity contribution in [3.8, 4) is 0 Å². The average molecular weight is 1200 g/mol. The highest BCUT2D eigenvalue weighted by molar-refractivity contribution is 5.87. The minimum atomic E-state index is -3.21. The third-order valence-corrected chi connectivity index (χ3v) is 21.7. The van der Waals surface area contributed by atoms with E-state index in [4.69, 9.17) is 56.8 Å². The Morgan fingerprint density at radius 1 is 0.578 bits per heavy atom. The first-order valence-electron chi connectivity index (χ1n) is 29.7. The fourth-order valence-corrected chi connectivity index (χ4v) is 16.8. The van der Waals surface area contributed by atoms with E-state index in [2.05, 4.69) is 27.7 Å². The van der Waals surface area contributed by atoms with Gasteiger partial charge in [0.15, 0.2) is 37.2 Å². The normalized spacial score (nSPS) is 57.4. The van der Waals surface area contributed by atoms with Gasteiger partial charge in [-0.15, -0.1) is 0 Å². The van der Waals surface area contributed by atoms with Gasteiger partial charge in [0.05, 0.1) is 51.8 Å². The minimum absolute atomic E-state index is 0.0510. The zero-order chi connectivity index (χ0) is 59.6. The van der Waals surface area contributed by atoms with Crippen molar-refractivity contribution in [1.82, 2.24) is 0 Å². The van der Waals surface area contributed by atoms with Crippen molar-refractivity contribution < 1.29 is 138 Å². The van der Waals surface area contributed by atoms with E-state index in [9.17, 15) is 81.4 Å². The number of ether oxygens (including phenoxy) is 12. The van der Waals surface area contributed by atoms with E-state index < -0.39 is 191 Å². The van der Waals surface area contributed by atoms with Gasteiger partial charge in [0.2, 0.25) is 5.79 Å². The van der Waals surface area contributed by atoms with Gasteiger partial charge < -0.3 is 133 Å². The molecule has 11 rings (SSSR count). The molecule has 4 saturated carbocycles. The third-order valence-electron chi connectivity index (χ3n) is 21.7. The largest absolute Gasteiger partial charge is 0.394 e. The molecule has 0 radical (unpaired) electrons. The number of carbonyl (C=O) groups is 1. The molecule has 35 atom stereocenters. The zero-order valence-corrected chi connectivity index (χ0v) is 47.0. The molecular formula is C55H88O28. The van der Waals surface area contributed by atoms with Gasteiger partial charge in [0.25, 0.3) is 0 Å². The molecule has 11 aliphatic rings. The summed E-state index contributed by atoms with van der Waals surface area (Å²) in [5.74, 6) is -2.24. The first kappa shape index (κ1) is 63.2. The molecule has 1 spiro atoms. The van der Waals surface area contributed by atoms with E-state index in [1.807, 2.05) is 0 Å². The molecule has 7 aliphatic heterocycles. The Labute approximate surface area is 479 Å². The molecule has 28 heteroatoms. The van der Waals surface area contributed by atoms with Crippen molar-refractivity contribution >= 4 is 5.78 Å². The maximum Gasteiger partial charge on any atom is 0.226 e. The smallest absolute Gasteiger partial charge is 0.226 e. The van der Waals surface area contributed by atoms with Crippen LogP contribution in [0.25, 0.3) is 0 Å². The summed E-state index contributed by atoms with van der Waals surface area (Å²) in [6, 6.07) is 0. The SMILES string of the molecule is CC1CCC2(OC1)OC1CC3C4CC[C@H]5CC(O[C@@H]6OC(CO)[C@@](O)(O[C@@H]7OC(CO)[C@H](O)C(O[C@@H]8OC(CO)[C@H](O)C(O)[C@@H]8O)[C@@H]7OC7OC[C@@H](O)[C@H](OC8OC[C@@H](O)[C@H](O)[C@H]8O)[C@H]7O)C(O)[C@@H]6O)CCC5(C)C4CC(=O)C3(C)C1C2C. The maximum absolute atomic E-state index is 14.8. The van der Waals surface area contributed by atoms with Gasteiger partial charge in [-0.2, -0.15) is 0 Å². The molecule has 15 N–H and O–H groups in total. The second-order valence-electron chi connectivity index (χ2n) is 26.3. The number of aliphatic hydroxyl groups is 15. The monoisotopic (exact) mass is 1200 g/mol. The molecule has 19 unspecified atom stereocenters. The van der Waals surface area contributed by atoms with Gasteiger partial charge in [0, 0.05) is 30.1 Å². The highest BCUT2D eigenvalue weighted by atomic mass is 16.8. The van der Waals surface area contributed by atoms with Gasteiger partial charge in [-0.1, -0.05) is 27.7 Å². The standard InChI is InChI=1S/C55H88O28/c1-20-7-10-54(74-17-20)21(2)34-29(82-54)12-26-24-6-5-22-11-23(8-9-52(22,3)25(24)13-32(61)53(26,34)4)75-50-42(69)46(70)55(71,33(16-58)78-50)83-51-45(44(37(64)31(15-57)77-51)80-49-40(67)38(65)36(63)30(14-56)76-49)81-48-41(68)43(28(60)19-73-48)79-47-39(66)35(62)27(59)18-72-47/h20-31,33-51,56-60,62-71H,5-19H2,1-4H3/t20?,21?,22-,23?,24?,25?,26?,27+,28+,29?,30?,31?,33?,34?,35-,36-,37-,38?,39+,40-,41+,42-,43-,44?,45-,46?,47?,48?,49-,50+,51-,52?,53?,54?,55+/m0/s1. The number of ketones is 1. The molecule has 0 aromatic carbocycles. The Morgan fingerprint density at radius 3 is 1.90 bits per heavy atom. The lowest BCUT2D eigenvalue weighted by Crippen LogP contribution is -2.72. The van der Waals surface area contributed by atoms with Gasteiger partial charge in [-0.25, -0.2) is 0 Å². The maximum atomic E-state index is 14.8. The molecule has 476 valence electrons. The first-order chi connectivity index (χ1) is 39.3. The van der Waals surface area contributed by atoms with Crippen molar-refractivity contribution in [3.05, 3.63) is 0 Å². The van der Waals surface area contributed by atoms with Crippen molar-refractivity contribution in [2.24, 2.45) is 52.3 Å². The average Bonchev–Trinajstić information content (AvgIpc) is 2.23. The van der Waals surface area contributed by atoms with E-state index >= 15 is 0 Å². The number of Topliss-reactive ketones (excluding diaryl/α,β-unsaturated/α-hetero) is 1. The zero-order valence-electron chi connectivity index (χ0n) is 47.0. The molecule has 28 nitrogen and oxygen atoms in total. The quantitative estimate of drug-likeness (QED) is 0.0605. The first-order valence-corrected chi connectivity index (χ1v) is 29.7. The molecule has 0 aromatic heterocycles. The summed E-state index contributed by atoms with van der Waals surface area (Å²) in [5, 5.41) is 165. The van der Waals surface area contributed by atoms with Crippen LogP contribution < -0.4 is 0 Å². The topological polar surface area (TPSA) is 431 Å². The Bertz CT molecular complexity index is 2230. The third kappa shape index (κ3) is 10.7. The van der Waals surface area contributed by atoms with Crippen molar-refractivity contribution in [2.45, 2.75) is 244 Å². The summed E-state index contributed by atoms with van der Waals surface area (Å²) in [6.45, 7) is 5.22. The Balaban J connectivity index is 0.794.